The molecule has 1 N–H and O–H groups in total. The van der Waals surface area contributed by atoms with Gasteiger partial charge in [0.05, 0.1) is 5.56 Å². The number of rotatable bonds is 3. The van der Waals surface area contributed by atoms with Gasteiger partial charge in [0.1, 0.15) is 17.2 Å². The van der Waals surface area contributed by atoms with Crippen LogP contribution in [0.25, 0.3) is 0 Å². The van der Waals surface area contributed by atoms with Crippen molar-refractivity contribution in [1.82, 2.24) is 5.16 Å². The Labute approximate surface area is 97.5 Å². The van der Waals surface area contributed by atoms with Gasteiger partial charge in [-0.1, -0.05) is 17.3 Å². The molecule has 6 nitrogen and oxygen atoms in total. The Kier molecular flexibility index (Phi) is 2.80. The molecule has 1 aromatic carbocycles. The van der Waals surface area contributed by atoms with Gasteiger partial charge in [-0.15, -0.1) is 0 Å². The molecular formula is C10H7N3O3S. The van der Waals surface area contributed by atoms with E-state index in [1.165, 1.54) is 30.5 Å². The van der Waals surface area contributed by atoms with E-state index in [0.717, 1.165) is 0 Å². The van der Waals surface area contributed by atoms with Crippen LogP contribution in [0.5, 0.6) is 0 Å². The summed E-state index contributed by atoms with van der Waals surface area (Å²) in [6, 6.07) is 9.09. The predicted molar refractivity (Wildman–Crippen MR) is 58.5 cm³/mol. The van der Waals surface area contributed by atoms with Crippen LogP contribution in [-0.4, -0.2) is 13.6 Å². The number of aromatic nitrogens is 1. The molecule has 0 aliphatic rings. The highest BCUT2D eigenvalue weighted by Crippen LogP contribution is 2.17. The van der Waals surface area contributed by atoms with E-state index in [9.17, 15) is 8.42 Å². The van der Waals surface area contributed by atoms with E-state index in [-0.39, 0.29) is 16.3 Å². The summed E-state index contributed by atoms with van der Waals surface area (Å²) >= 11 is 0. The van der Waals surface area contributed by atoms with E-state index in [0.29, 0.717) is 0 Å². The van der Waals surface area contributed by atoms with Crippen LogP contribution < -0.4 is 4.72 Å². The first-order chi connectivity index (χ1) is 8.13. The summed E-state index contributed by atoms with van der Waals surface area (Å²) in [5, 5.41) is 12.3. The maximum Gasteiger partial charge on any atom is 0.264 e. The second kappa shape index (κ2) is 4.27. The number of hydrogen-bond acceptors (Lipinski definition) is 5. The molecule has 0 unspecified atom stereocenters. The minimum atomic E-state index is -3.82. The van der Waals surface area contributed by atoms with Gasteiger partial charge in [0, 0.05) is 6.07 Å². The van der Waals surface area contributed by atoms with Gasteiger partial charge >= 0.3 is 0 Å². The summed E-state index contributed by atoms with van der Waals surface area (Å²) in [5.74, 6) is 0.0674. The van der Waals surface area contributed by atoms with Crippen LogP contribution in [0.3, 0.4) is 0 Å². The van der Waals surface area contributed by atoms with Crippen LogP contribution >= 0.6 is 0 Å². The van der Waals surface area contributed by atoms with Crippen LogP contribution in [0.2, 0.25) is 0 Å². The second-order valence-corrected chi connectivity index (χ2v) is 4.75. The van der Waals surface area contributed by atoms with Crippen LogP contribution in [0.4, 0.5) is 5.82 Å². The molecule has 0 spiro atoms. The number of sulfonamides is 1. The second-order valence-electron chi connectivity index (χ2n) is 3.10. The molecule has 0 amide bonds. The highest BCUT2D eigenvalue weighted by Gasteiger charge is 2.19. The zero-order valence-electron chi connectivity index (χ0n) is 8.49. The molecule has 0 atom stereocenters. The van der Waals surface area contributed by atoms with Gasteiger partial charge in [-0.3, -0.25) is 4.72 Å². The van der Waals surface area contributed by atoms with Crippen molar-refractivity contribution in [2.24, 2.45) is 0 Å². The normalized spacial score (nSPS) is 10.8. The lowest BCUT2D eigenvalue weighted by Crippen LogP contribution is -2.14. The summed E-state index contributed by atoms with van der Waals surface area (Å²) in [6.45, 7) is 0. The number of benzene rings is 1. The third-order valence-electron chi connectivity index (χ3n) is 1.97. The van der Waals surface area contributed by atoms with E-state index in [4.69, 9.17) is 5.26 Å². The largest absolute Gasteiger partial charge is 0.363 e. The number of anilines is 1. The van der Waals surface area contributed by atoms with E-state index in [1.807, 2.05) is 6.07 Å². The average Bonchev–Trinajstić information content (AvgIpc) is 2.81. The number of nitrogens with one attached hydrogen (secondary N) is 1. The van der Waals surface area contributed by atoms with Gasteiger partial charge in [-0.25, -0.2) is 8.42 Å². The lowest BCUT2D eigenvalue weighted by atomic mass is 10.2. The molecule has 1 aromatic heterocycles. The molecule has 0 radical (unpaired) electrons. The molecule has 0 aliphatic carbocycles. The standard InChI is InChI=1S/C10H7N3O3S/c11-7-8-3-1-2-4-9(8)17(14,15)13-10-5-6-16-12-10/h1-6H,(H,12,13). The Bertz CT molecular complexity index is 656. The molecule has 7 heteroatoms. The fourth-order valence-corrected chi connectivity index (χ4v) is 2.40. The molecule has 2 rings (SSSR count). The lowest BCUT2D eigenvalue weighted by Gasteiger charge is -2.05. The number of nitrogens with zero attached hydrogens (tertiary/aromatic N) is 2. The SMILES string of the molecule is N#Cc1ccccc1S(=O)(=O)Nc1ccon1. The first-order valence-corrected chi connectivity index (χ1v) is 6.04. The maximum atomic E-state index is 11.9. The van der Waals surface area contributed by atoms with Crippen molar-refractivity contribution in [1.29, 1.82) is 5.26 Å². The van der Waals surface area contributed by atoms with Crippen LogP contribution in [0.1, 0.15) is 5.56 Å². The van der Waals surface area contributed by atoms with Gasteiger partial charge in [0.15, 0.2) is 5.82 Å². The predicted octanol–water partition coefficient (Wildman–Crippen LogP) is 1.35. The number of nitriles is 1. The van der Waals surface area contributed by atoms with Crippen molar-refractivity contribution < 1.29 is 12.9 Å². The Balaban J connectivity index is 2.42. The molecule has 0 bridgehead atoms. The highest BCUT2D eigenvalue weighted by atomic mass is 32.2. The molecule has 0 fully saturated rings. The number of hydrogen-bond donors (Lipinski definition) is 1. The quantitative estimate of drug-likeness (QED) is 0.885. The van der Waals surface area contributed by atoms with Crippen LogP contribution in [-0.2, 0) is 10.0 Å². The Morgan fingerprint density at radius 2 is 2.06 bits per heavy atom. The fourth-order valence-electron chi connectivity index (χ4n) is 1.25. The molecule has 86 valence electrons. The zero-order chi connectivity index (χ0) is 12.3. The topological polar surface area (TPSA) is 96.0 Å². The molecule has 17 heavy (non-hydrogen) atoms. The summed E-state index contributed by atoms with van der Waals surface area (Å²) < 4.78 is 30.6. The van der Waals surface area contributed by atoms with E-state index in [1.54, 1.807) is 6.07 Å². The van der Waals surface area contributed by atoms with Crippen molar-refractivity contribution >= 4 is 15.8 Å². The highest BCUT2D eigenvalue weighted by molar-refractivity contribution is 7.92. The van der Waals surface area contributed by atoms with Gasteiger partial charge < -0.3 is 4.52 Å². The maximum absolute atomic E-state index is 11.9. The van der Waals surface area contributed by atoms with Crippen molar-refractivity contribution in [3.63, 3.8) is 0 Å². The third kappa shape index (κ3) is 2.26. The minimum Gasteiger partial charge on any atom is -0.363 e. The molecule has 0 saturated carbocycles. The smallest absolute Gasteiger partial charge is 0.264 e. The van der Waals surface area contributed by atoms with Crippen LogP contribution in [0.15, 0.2) is 46.0 Å². The van der Waals surface area contributed by atoms with E-state index < -0.39 is 10.0 Å². The summed E-state index contributed by atoms with van der Waals surface area (Å²) in [5.41, 5.74) is 0.0727. The van der Waals surface area contributed by atoms with Crippen molar-refractivity contribution in [2.45, 2.75) is 4.90 Å². The van der Waals surface area contributed by atoms with Crippen molar-refractivity contribution in [2.75, 3.05) is 4.72 Å². The van der Waals surface area contributed by atoms with E-state index in [2.05, 4.69) is 14.4 Å². The van der Waals surface area contributed by atoms with Gasteiger partial charge in [-0.2, -0.15) is 5.26 Å². The monoisotopic (exact) mass is 249 g/mol. The zero-order valence-corrected chi connectivity index (χ0v) is 9.31. The van der Waals surface area contributed by atoms with Gasteiger partial charge in [0.25, 0.3) is 10.0 Å². The first-order valence-electron chi connectivity index (χ1n) is 4.56. The van der Waals surface area contributed by atoms with E-state index >= 15 is 0 Å². The Morgan fingerprint density at radius 1 is 1.29 bits per heavy atom. The summed E-state index contributed by atoms with van der Waals surface area (Å²) in [7, 11) is -3.82. The summed E-state index contributed by atoms with van der Waals surface area (Å²) in [4.78, 5) is -0.0921. The average molecular weight is 249 g/mol. The summed E-state index contributed by atoms with van der Waals surface area (Å²) in [6.07, 6.45) is 1.24. The van der Waals surface area contributed by atoms with Crippen LogP contribution in [0, 0.1) is 11.3 Å². The molecule has 1 heterocycles. The fraction of sp³-hybridized carbons (Fsp3) is 0. The molecule has 2 aromatic rings. The lowest BCUT2D eigenvalue weighted by molar-refractivity contribution is 0.423. The van der Waals surface area contributed by atoms with Gasteiger partial charge in [0.2, 0.25) is 0 Å². The third-order valence-corrected chi connectivity index (χ3v) is 3.39. The van der Waals surface area contributed by atoms with Gasteiger partial charge in [-0.05, 0) is 12.1 Å². The van der Waals surface area contributed by atoms with Crippen molar-refractivity contribution in [3.05, 3.63) is 42.2 Å². The molecular weight excluding hydrogens is 242 g/mol. The molecule has 0 saturated heterocycles. The van der Waals surface area contributed by atoms with Crippen molar-refractivity contribution in [3.8, 4) is 6.07 Å². The Hall–Kier alpha value is -2.33. The minimum absolute atomic E-state index is 0.0674. The molecule has 0 aliphatic heterocycles. The Morgan fingerprint density at radius 3 is 2.71 bits per heavy atom. The first kappa shape index (κ1) is 11.2.